The Balaban J connectivity index is 1.98. The number of carbonyl (C=O) groups is 2. The van der Waals surface area contributed by atoms with Crippen molar-refractivity contribution in [3.05, 3.63) is 28.2 Å². The lowest BCUT2D eigenvalue weighted by Gasteiger charge is -2.34. The van der Waals surface area contributed by atoms with Crippen molar-refractivity contribution in [1.82, 2.24) is 10.2 Å². The maximum atomic E-state index is 12.6. The van der Waals surface area contributed by atoms with E-state index in [4.69, 9.17) is 23.2 Å². The zero-order valence-corrected chi connectivity index (χ0v) is 15.5. The van der Waals surface area contributed by atoms with Crippen LogP contribution in [0.3, 0.4) is 0 Å². The molecule has 0 aromatic heterocycles. The molecule has 2 rings (SSSR count). The Hall–Kier alpha value is -1.30. The first-order valence-corrected chi connectivity index (χ1v) is 8.92. The van der Waals surface area contributed by atoms with Crippen molar-refractivity contribution >= 4 is 40.7 Å². The first-order valence-electron chi connectivity index (χ1n) is 8.16. The van der Waals surface area contributed by atoms with Gasteiger partial charge in [-0.2, -0.15) is 0 Å². The minimum atomic E-state index is -0.264. The highest BCUT2D eigenvalue weighted by Gasteiger charge is 2.32. The van der Waals surface area contributed by atoms with Gasteiger partial charge in [0.05, 0.1) is 17.3 Å². The lowest BCUT2D eigenvalue weighted by Crippen LogP contribution is -2.51. The van der Waals surface area contributed by atoms with Gasteiger partial charge < -0.3 is 15.5 Å². The van der Waals surface area contributed by atoms with Gasteiger partial charge in [0.2, 0.25) is 11.8 Å². The number of carbonyl (C=O) groups excluding carboxylic acids is 2. The highest BCUT2D eigenvalue weighted by Crippen LogP contribution is 2.25. The molecule has 0 spiro atoms. The number of hydrogen-bond donors (Lipinski definition) is 2. The fourth-order valence-corrected chi connectivity index (χ4v) is 3.10. The first kappa shape index (κ1) is 19.0. The fraction of sp³-hybridized carbons (Fsp3) is 0.529. The van der Waals surface area contributed by atoms with Crippen LogP contribution in [-0.4, -0.2) is 42.9 Å². The van der Waals surface area contributed by atoms with Gasteiger partial charge in [0, 0.05) is 17.5 Å². The Morgan fingerprint density at radius 1 is 1.38 bits per heavy atom. The minimum Gasteiger partial charge on any atom is -0.333 e. The average molecular weight is 372 g/mol. The normalized spacial score (nSPS) is 15.5. The molecule has 1 unspecified atom stereocenters. The van der Waals surface area contributed by atoms with Crippen LogP contribution in [0.25, 0.3) is 0 Å². The van der Waals surface area contributed by atoms with Crippen molar-refractivity contribution in [3.63, 3.8) is 0 Å². The zero-order valence-electron chi connectivity index (χ0n) is 13.9. The highest BCUT2D eigenvalue weighted by molar-refractivity contribution is 6.36. The van der Waals surface area contributed by atoms with Crippen LogP contribution in [0.15, 0.2) is 18.2 Å². The summed E-state index contributed by atoms with van der Waals surface area (Å²) in [5.41, 5.74) is 0.492. The number of nitrogens with one attached hydrogen (secondary N) is 2. The molecule has 5 nitrogen and oxygen atoms in total. The van der Waals surface area contributed by atoms with Gasteiger partial charge in [0.1, 0.15) is 0 Å². The van der Waals surface area contributed by atoms with Crippen LogP contribution in [0.4, 0.5) is 5.69 Å². The molecule has 1 aliphatic heterocycles. The summed E-state index contributed by atoms with van der Waals surface area (Å²) in [6.07, 6.45) is 0.802. The second kappa shape index (κ2) is 8.70. The van der Waals surface area contributed by atoms with E-state index in [1.807, 2.05) is 13.8 Å². The molecule has 1 atom stereocenters. The van der Waals surface area contributed by atoms with E-state index < -0.39 is 0 Å². The Morgan fingerprint density at radius 2 is 2.08 bits per heavy atom. The molecule has 0 bridgehead atoms. The number of hydrogen-bond acceptors (Lipinski definition) is 3. The molecule has 1 heterocycles. The van der Waals surface area contributed by atoms with Crippen molar-refractivity contribution in [2.24, 2.45) is 11.8 Å². The molecule has 0 radical (unpaired) electrons. The summed E-state index contributed by atoms with van der Waals surface area (Å²) in [5, 5.41) is 6.79. The molecule has 1 aromatic carbocycles. The third-order valence-corrected chi connectivity index (χ3v) is 4.80. The molecule has 0 saturated carbocycles. The predicted octanol–water partition coefficient (Wildman–Crippen LogP) is 3.03. The van der Waals surface area contributed by atoms with E-state index in [1.54, 1.807) is 23.1 Å². The van der Waals surface area contributed by atoms with Crippen LogP contribution < -0.4 is 10.6 Å². The van der Waals surface area contributed by atoms with Crippen molar-refractivity contribution in [2.75, 3.05) is 31.5 Å². The number of benzene rings is 1. The molecule has 0 aliphatic carbocycles. The number of rotatable bonds is 7. The van der Waals surface area contributed by atoms with Crippen LogP contribution in [-0.2, 0) is 9.59 Å². The van der Waals surface area contributed by atoms with Crippen molar-refractivity contribution < 1.29 is 9.59 Å². The van der Waals surface area contributed by atoms with Gasteiger partial charge in [-0.3, -0.25) is 9.59 Å². The summed E-state index contributed by atoms with van der Waals surface area (Å²) in [6, 6.07) is 4.88. The number of nitrogens with zero attached hydrogens (tertiary/aromatic N) is 1. The summed E-state index contributed by atoms with van der Waals surface area (Å²) < 4.78 is 0. The molecule has 1 fully saturated rings. The third kappa shape index (κ3) is 4.85. The summed E-state index contributed by atoms with van der Waals surface area (Å²) in [5.74, 6) is 0.0380. The third-order valence-electron chi connectivity index (χ3n) is 4.25. The van der Waals surface area contributed by atoms with Crippen LogP contribution in [0.1, 0.15) is 20.3 Å². The maximum Gasteiger partial charge on any atom is 0.244 e. The number of halogens is 2. The van der Waals surface area contributed by atoms with Crippen molar-refractivity contribution in [1.29, 1.82) is 0 Å². The van der Waals surface area contributed by atoms with E-state index >= 15 is 0 Å². The molecule has 7 heteroatoms. The second-order valence-electron chi connectivity index (χ2n) is 6.14. The van der Waals surface area contributed by atoms with E-state index in [0.29, 0.717) is 28.2 Å². The molecule has 2 N–H and O–H groups in total. The Labute approximate surface area is 152 Å². The van der Waals surface area contributed by atoms with Crippen LogP contribution in [0, 0.1) is 11.8 Å². The Bertz CT molecular complexity index is 605. The van der Waals surface area contributed by atoms with Gasteiger partial charge in [0.25, 0.3) is 0 Å². The van der Waals surface area contributed by atoms with Gasteiger partial charge in [0.15, 0.2) is 0 Å². The molecule has 2 amide bonds. The zero-order chi connectivity index (χ0) is 17.7. The monoisotopic (exact) mass is 371 g/mol. The van der Waals surface area contributed by atoms with Crippen LogP contribution in [0.5, 0.6) is 0 Å². The van der Waals surface area contributed by atoms with E-state index in [1.165, 1.54) is 0 Å². The molecule has 1 aliphatic rings. The number of amides is 2. The summed E-state index contributed by atoms with van der Waals surface area (Å²) in [6.45, 7) is 6.23. The van der Waals surface area contributed by atoms with Gasteiger partial charge in [-0.05, 0) is 43.6 Å². The Kier molecular flexibility index (Phi) is 6.90. The van der Waals surface area contributed by atoms with E-state index in [9.17, 15) is 9.59 Å². The van der Waals surface area contributed by atoms with Gasteiger partial charge in [-0.25, -0.2) is 0 Å². The lowest BCUT2D eigenvalue weighted by molar-refractivity contribution is -0.140. The quantitative estimate of drug-likeness (QED) is 0.774. The Morgan fingerprint density at radius 3 is 2.62 bits per heavy atom. The van der Waals surface area contributed by atoms with E-state index in [-0.39, 0.29) is 24.3 Å². The lowest BCUT2D eigenvalue weighted by atomic mass is 9.88. The van der Waals surface area contributed by atoms with Gasteiger partial charge in [-0.15, -0.1) is 0 Å². The van der Waals surface area contributed by atoms with Crippen molar-refractivity contribution in [3.8, 4) is 0 Å². The van der Waals surface area contributed by atoms with E-state index in [0.717, 1.165) is 19.5 Å². The smallest absolute Gasteiger partial charge is 0.244 e. The minimum absolute atomic E-state index is 0.0239. The molecular weight excluding hydrogens is 349 g/mol. The topological polar surface area (TPSA) is 61.4 Å². The predicted molar refractivity (Wildman–Crippen MR) is 97.5 cm³/mol. The fourth-order valence-electron chi connectivity index (χ4n) is 2.65. The van der Waals surface area contributed by atoms with Crippen molar-refractivity contribution in [2.45, 2.75) is 20.3 Å². The van der Waals surface area contributed by atoms with E-state index in [2.05, 4.69) is 10.6 Å². The van der Waals surface area contributed by atoms with Gasteiger partial charge >= 0.3 is 0 Å². The molecule has 1 saturated heterocycles. The van der Waals surface area contributed by atoms with Gasteiger partial charge in [-0.1, -0.05) is 37.0 Å². The summed E-state index contributed by atoms with van der Waals surface area (Å²) in [4.78, 5) is 26.6. The first-order chi connectivity index (χ1) is 11.4. The highest BCUT2D eigenvalue weighted by atomic mass is 35.5. The standard InChI is InChI=1S/C17H23Cl2N3O2/c1-3-6-22(17(24)11(2)12-8-20-9-12)10-16(23)21-15-5-4-13(18)7-14(15)19/h4-5,7,11-12,20H,3,6,8-10H2,1-2H3,(H,21,23). The second-order valence-corrected chi connectivity index (χ2v) is 6.98. The van der Waals surface area contributed by atoms with Crippen LogP contribution in [0.2, 0.25) is 10.0 Å². The number of anilines is 1. The largest absolute Gasteiger partial charge is 0.333 e. The van der Waals surface area contributed by atoms with Crippen LogP contribution >= 0.6 is 23.2 Å². The molecule has 132 valence electrons. The molecule has 1 aromatic rings. The summed E-state index contributed by atoms with van der Waals surface area (Å²) >= 11 is 11.9. The SMILES string of the molecule is CCCN(CC(=O)Nc1ccc(Cl)cc1Cl)C(=O)C(C)C1CNC1. The molecular formula is C17H23Cl2N3O2. The maximum absolute atomic E-state index is 12.6. The summed E-state index contributed by atoms with van der Waals surface area (Å²) in [7, 11) is 0. The molecule has 24 heavy (non-hydrogen) atoms. The average Bonchev–Trinajstić information content (AvgIpc) is 2.47.